The second-order valence-corrected chi connectivity index (χ2v) is 6.30. The van der Waals surface area contributed by atoms with Crippen molar-refractivity contribution < 1.29 is 8.91 Å². The van der Waals surface area contributed by atoms with Crippen LogP contribution in [0.15, 0.2) is 22.7 Å². The Labute approximate surface area is 140 Å². The van der Waals surface area contributed by atoms with Crippen LogP contribution in [0.1, 0.15) is 30.2 Å². The third-order valence-electron chi connectivity index (χ3n) is 4.32. The van der Waals surface area contributed by atoms with Gasteiger partial charge in [0, 0.05) is 39.1 Å². The smallest absolute Gasteiger partial charge is 0.223 e. The quantitative estimate of drug-likeness (QED) is 0.857. The van der Waals surface area contributed by atoms with Gasteiger partial charge in [-0.25, -0.2) is 4.39 Å². The number of aryl methyl sites for hydroxylation is 1. The van der Waals surface area contributed by atoms with Gasteiger partial charge in [0.05, 0.1) is 11.6 Å². The fraction of sp³-hybridized carbons (Fsp3) is 0.500. The minimum Gasteiger partial charge on any atom is -0.340 e. The summed E-state index contributed by atoms with van der Waals surface area (Å²) in [5, 5.41) is 4.12. The van der Waals surface area contributed by atoms with Gasteiger partial charge in [-0.05, 0) is 24.6 Å². The van der Waals surface area contributed by atoms with Gasteiger partial charge in [0.1, 0.15) is 5.82 Å². The van der Waals surface area contributed by atoms with Gasteiger partial charge in [0.25, 0.3) is 0 Å². The predicted octanol–water partition coefficient (Wildman–Crippen LogP) is 3.05. The molecule has 0 radical (unpaired) electrons. The van der Waals surface area contributed by atoms with E-state index in [4.69, 9.17) is 16.1 Å². The molecular formula is C16H20ClFN4O. The van der Waals surface area contributed by atoms with Gasteiger partial charge < -0.3 is 4.52 Å². The van der Waals surface area contributed by atoms with E-state index < -0.39 is 0 Å². The second kappa shape index (κ2) is 6.95. The lowest BCUT2D eigenvalue weighted by atomic mass is 10.1. The van der Waals surface area contributed by atoms with Gasteiger partial charge in [-0.3, -0.25) is 9.80 Å². The molecule has 0 aliphatic carbocycles. The molecule has 3 rings (SSSR count). The van der Waals surface area contributed by atoms with Crippen LogP contribution in [0.25, 0.3) is 0 Å². The molecule has 1 saturated heterocycles. The number of piperazine rings is 1. The van der Waals surface area contributed by atoms with Crippen molar-refractivity contribution in [3.8, 4) is 0 Å². The molecule has 7 heteroatoms. The van der Waals surface area contributed by atoms with Gasteiger partial charge in [0.15, 0.2) is 5.82 Å². The van der Waals surface area contributed by atoms with E-state index in [9.17, 15) is 4.39 Å². The molecule has 0 bridgehead atoms. The molecular weight excluding hydrogens is 319 g/mol. The highest BCUT2D eigenvalue weighted by molar-refractivity contribution is 6.30. The Morgan fingerprint density at radius 3 is 2.65 bits per heavy atom. The number of hydrogen-bond acceptors (Lipinski definition) is 5. The Morgan fingerprint density at radius 1 is 1.30 bits per heavy atom. The molecule has 1 aromatic heterocycles. The molecule has 0 amide bonds. The Bertz CT molecular complexity index is 670. The van der Waals surface area contributed by atoms with Crippen LogP contribution in [-0.4, -0.2) is 46.1 Å². The van der Waals surface area contributed by atoms with E-state index in [0.29, 0.717) is 12.4 Å². The first-order valence-corrected chi connectivity index (χ1v) is 8.11. The van der Waals surface area contributed by atoms with Crippen molar-refractivity contribution >= 4 is 11.6 Å². The van der Waals surface area contributed by atoms with Crippen LogP contribution < -0.4 is 0 Å². The third kappa shape index (κ3) is 3.88. The fourth-order valence-corrected chi connectivity index (χ4v) is 3.09. The first kappa shape index (κ1) is 16.4. The van der Waals surface area contributed by atoms with Crippen molar-refractivity contribution in [2.75, 3.05) is 26.2 Å². The minimum atomic E-state index is -0.372. The van der Waals surface area contributed by atoms with Crippen LogP contribution in [0.3, 0.4) is 0 Å². The molecule has 1 atom stereocenters. The molecule has 2 heterocycles. The number of rotatable bonds is 4. The molecule has 0 N–H and O–H groups in total. The molecule has 0 spiro atoms. The maximum Gasteiger partial charge on any atom is 0.223 e. The summed E-state index contributed by atoms with van der Waals surface area (Å²) in [4.78, 5) is 8.93. The van der Waals surface area contributed by atoms with Crippen molar-refractivity contribution in [3.05, 3.63) is 46.3 Å². The summed E-state index contributed by atoms with van der Waals surface area (Å²) in [6.07, 6.45) is 0. The van der Waals surface area contributed by atoms with Crippen LogP contribution >= 0.6 is 11.6 Å². The van der Waals surface area contributed by atoms with Crippen molar-refractivity contribution in [3.63, 3.8) is 0 Å². The molecule has 1 aliphatic heterocycles. The zero-order valence-electron chi connectivity index (χ0n) is 13.3. The van der Waals surface area contributed by atoms with Crippen molar-refractivity contribution in [1.29, 1.82) is 0 Å². The van der Waals surface area contributed by atoms with Crippen LogP contribution in [0.4, 0.5) is 4.39 Å². The zero-order chi connectivity index (χ0) is 16.4. The van der Waals surface area contributed by atoms with E-state index in [0.717, 1.165) is 37.6 Å². The van der Waals surface area contributed by atoms with Gasteiger partial charge in [-0.1, -0.05) is 22.8 Å². The first-order chi connectivity index (χ1) is 11.0. The topological polar surface area (TPSA) is 45.4 Å². The summed E-state index contributed by atoms with van der Waals surface area (Å²) in [5.74, 6) is 0.956. The Hall–Kier alpha value is -1.50. The van der Waals surface area contributed by atoms with E-state index in [-0.39, 0.29) is 16.9 Å². The monoisotopic (exact) mass is 338 g/mol. The maximum absolute atomic E-state index is 13.3. The van der Waals surface area contributed by atoms with Crippen LogP contribution in [0.2, 0.25) is 5.02 Å². The summed E-state index contributed by atoms with van der Waals surface area (Å²) >= 11 is 5.89. The summed E-state index contributed by atoms with van der Waals surface area (Å²) in [7, 11) is 0. The molecule has 124 valence electrons. The molecule has 0 saturated carbocycles. The van der Waals surface area contributed by atoms with E-state index in [1.807, 2.05) is 0 Å². The normalized spacial score (nSPS) is 18.3. The lowest BCUT2D eigenvalue weighted by Gasteiger charge is -2.37. The number of halogens is 2. The van der Waals surface area contributed by atoms with Gasteiger partial charge >= 0.3 is 0 Å². The predicted molar refractivity (Wildman–Crippen MR) is 85.7 cm³/mol. The summed E-state index contributed by atoms with van der Waals surface area (Å²) < 4.78 is 18.3. The highest BCUT2D eigenvalue weighted by atomic mass is 35.5. The average Bonchev–Trinajstić information content (AvgIpc) is 2.95. The number of aromatic nitrogens is 2. The molecule has 2 aromatic rings. The van der Waals surface area contributed by atoms with Crippen molar-refractivity contribution in [2.24, 2.45) is 0 Å². The zero-order valence-corrected chi connectivity index (χ0v) is 14.1. The highest BCUT2D eigenvalue weighted by Crippen LogP contribution is 2.25. The van der Waals surface area contributed by atoms with Gasteiger partial charge in [-0.15, -0.1) is 0 Å². The third-order valence-corrected chi connectivity index (χ3v) is 4.60. The van der Waals surface area contributed by atoms with Crippen LogP contribution in [0.5, 0.6) is 0 Å². The largest absolute Gasteiger partial charge is 0.340 e. The molecule has 1 aliphatic rings. The van der Waals surface area contributed by atoms with E-state index in [1.165, 1.54) is 6.07 Å². The Kier molecular flexibility index (Phi) is 4.94. The standard InChI is InChI=1S/C16H20ClFN4O/c1-11(13-3-4-15(18)14(17)9-13)22-7-5-21(6-8-22)10-16-19-12(2)23-20-16/h3-4,9,11H,5-8,10H2,1-2H3. The summed E-state index contributed by atoms with van der Waals surface area (Å²) in [5.41, 5.74) is 1.04. The van der Waals surface area contributed by atoms with Gasteiger partial charge in [-0.2, -0.15) is 4.98 Å². The fourth-order valence-electron chi connectivity index (χ4n) is 2.90. The SMILES string of the molecule is Cc1nc(CN2CCN(C(C)c3ccc(F)c(Cl)c3)CC2)no1. The molecule has 1 unspecified atom stereocenters. The average molecular weight is 339 g/mol. The van der Waals surface area contributed by atoms with Crippen molar-refractivity contribution in [1.82, 2.24) is 19.9 Å². The van der Waals surface area contributed by atoms with Gasteiger partial charge in [0.2, 0.25) is 5.89 Å². The maximum atomic E-state index is 13.3. The molecule has 5 nitrogen and oxygen atoms in total. The van der Waals surface area contributed by atoms with E-state index in [2.05, 4.69) is 26.9 Å². The first-order valence-electron chi connectivity index (χ1n) is 7.73. The lowest BCUT2D eigenvalue weighted by molar-refractivity contribution is 0.0956. The summed E-state index contributed by atoms with van der Waals surface area (Å²) in [6, 6.07) is 5.17. The number of hydrogen-bond donors (Lipinski definition) is 0. The lowest BCUT2D eigenvalue weighted by Crippen LogP contribution is -2.46. The Balaban J connectivity index is 1.56. The number of benzene rings is 1. The van der Waals surface area contributed by atoms with E-state index in [1.54, 1.807) is 19.1 Å². The summed E-state index contributed by atoms with van der Waals surface area (Å²) in [6.45, 7) is 8.38. The second-order valence-electron chi connectivity index (χ2n) is 5.89. The molecule has 23 heavy (non-hydrogen) atoms. The van der Waals surface area contributed by atoms with Crippen LogP contribution in [0, 0.1) is 12.7 Å². The number of nitrogens with zero attached hydrogens (tertiary/aromatic N) is 4. The molecule has 1 fully saturated rings. The van der Waals surface area contributed by atoms with E-state index >= 15 is 0 Å². The highest BCUT2D eigenvalue weighted by Gasteiger charge is 2.23. The van der Waals surface area contributed by atoms with Crippen molar-refractivity contribution in [2.45, 2.75) is 26.4 Å². The molecule has 1 aromatic carbocycles. The van der Waals surface area contributed by atoms with Crippen LogP contribution in [-0.2, 0) is 6.54 Å². The minimum absolute atomic E-state index is 0.181. The Morgan fingerprint density at radius 2 is 2.04 bits per heavy atom.